The highest BCUT2D eigenvalue weighted by Gasteiger charge is 2.38. The largest absolute Gasteiger partial charge is 0.339 e. The van der Waals surface area contributed by atoms with E-state index in [9.17, 15) is 13.6 Å². The molecule has 6 nitrogen and oxygen atoms in total. The van der Waals surface area contributed by atoms with Crippen LogP contribution in [0.15, 0.2) is 12.4 Å². The molecule has 0 saturated carbocycles. The number of hydrogen-bond acceptors (Lipinski definition) is 4. The quantitative estimate of drug-likeness (QED) is 0.812. The maximum absolute atomic E-state index is 12.9. The van der Waals surface area contributed by atoms with Gasteiger partial charge in [-0.2, -0.15) is 8.78 Å². The van der Waals surface area contributed by atoms with Crippen LogP contribution in [0.1, 0.15) is 32.6 Å². The summed E-state index contributed by atoms with van der Waals surface area (Å²) < 4.78 is 26.7. The molecule has 3 rings (SSSR count). The molecule has 134 valence electrons. The van der Waals surface area contributed by atoms with E-state index in [1.807, 2.05) is 18.7 Å². The molecule has 1 amide bonds. The van der Waals surface area contributed by atoms with Crippen LogP contribution in [0.2, 0.25) is 0 Å². The highest BCUT2D eigenvalue weighted by molar-refractivity contribution is 5.84. The summed E-state index contributed by atoms with van der Waals surface area (Å²) in [5.74, 6) is 0.619. The van der Waals surface area contributed by atoms with Crippen LogP contribution in [0.4, 0.5) is 8.78 Å². The van der Waals surface area contributed by atoms with Crippen LogP contribution in [-0.2, 0) is 11.3 Å². The van der Waals surface area contributed by atoms with Gasteiger partial charge in [-0.3, -0.25) is 19.2 Å². The third-order valence-electron chi connectivity index (χ3n) is 5.01. The fourth-order valence-corrected chi connectivity index (χ4v) is 3.62. The first-order valence-electron chi connectivity index (χ1n) is 8.54. The molecule has 0 bridgehead atoms. The molecule has 0 radical (unpaired) electrons. The van der Waals surface area contributed by atoms with Gasteiger partial charge in [-0.25, -0.2) is 4.98 Å². The third kappa shape index (κ3) is 3.44. The van der Waals surface area contributed by atoms with Crippen molar-refractivity contribution in [3.63, 3.8) is 0 Å². The zero-order chi connectivity index (χ0) is 17.3. The summed E-state index contributed by atoms with van der Waals surface area (Å²) in [5, 5.41) is 0. The summed E-state index contributed by atoms with van der Waals surface area (Å²) in [6, 6.07) is 0.231. The Bertz CT molecular complexity index is 569. The zero-order valence-electron chi connectivity index (χ0n) is 14.2. The maximum atomic E-state index is 12.9. The molecule has 1 aromatic heterocycles. The monoisotopic (exact) mass is 341 g/mol. The molecule has 0 N–H and O–H groups in total. The summed E-state index contributed by atoms with van der Waals surface area (Å²) in [7, 11) is 0. The lowest BCUT2D eigenvalue weighted by molar-refractivity contribution is -0.134. The topological polar surface area (TPSA) is 44.6 Å². The fraction of sp³-hybridized carbons (Fsp3) is 0.750. The lowest BCUT2D eigenvalue weighted by Crippen LogP contribution is -2.52. The molecule has 8 heteroatoms. The standard InChI is InChI=1S/C16H25F2N5O/c1-12(2)22-5-3-13(15(22)24)21-9-7-20(8-10-21)11-14-19-4-6-23(14)16(17)18/h4,6,12-13,16H,3,5,7-11H2,1-2H3. The summed E-state index contributed by atoms with van der Waals surface area (Å²) in [6.07, 6.45) is 3.61. The van der Waals surface area contributed by atoms with Gasteiger partial charge >= 0.3 is 6.55 Å². The Kier molecular flexibility index (Phi) is 5.15. The van der Waals surface area contributed by atoms with Gasteiger partial charge in [0.15, 0.2) is 0 Å². The molecule has 1 atom stereocenters. The van der Waals surface area contributed by atoms with Crippen LogP contribution >= 0.6 is 0 Å². The van der Waals surface area contributed by atoms with Gasteiger partial charge in [0.05, 0.1) is 12.6 Å². The molecule has 2 aliphatic heterocycles. The van der Waals surface area contributed by atoms with E-state index < -0.39 is 6.55 Å². The smallest absolute Gasteiger partial charge is 0.319 e. The fourth-order valence-electron chi connectivity index (χ4n) is 3.62. The lowest BCUT2D eigenvalue weighted by atomic mass is 10.2. The molecule has 0 aliphatic carbocycles. The normalized spacial score (nSPS) is 23.8. The van der Waals surface area contributed by atoms with Gasteiger partial charge in [-0.1, -0.05) is 0 Å². The van der Waals surface area contributed by atoms with E-state index in [1.54, 1.807) is 0 Å². The summed E-state index contributed by atoms with van der Waals surface area (Å²) in [6.45, 7) is 5.89. The highest BCUT2D eigenvalue weighted by atomic mass is 19.3. The van der Waals surface area contributed by atoms with E-state index >= 15 is 0 Å². The number of likely N-dealkylation sites (tertiary alicyclic amines) is 1. The number of carbonyl (C=O) groups excluding carboxylic acids is 1. The van der Waals surface area contributed by atoms with Crippen molar-refractivity contribution in [3.8, 4) is 0 Å². The number of rotatable bonds is 5. The molecule has 1 aromatic rings. The Labute approximate surface area is 141 Å². The summed E-state index contributed by atoms with van der Waals surface area (Å²) in [4.78, 5) is 22.8. The second kappa shape index (κ2) is 7.14. The average Bonchev–Trinajstić information content (AvgIpc) is 3.15. The van der Waals surface area contributed by atoms with Crippen LogP contribution in [0, 0.1) is 0 Å². The van der Waals surface area contributed by atoms with Crippen molar-refractivity contribution in [3.05, 3.63) is 18.2 Å². The number of imidazole rings is 1. The van der Waals surface area contributed by atoms with E-state index in [0.717, 1.165) is 43.7 Å². The predicted octanol–water partition coefficient (Wildman–Crippen LogP) is 1.41. The van der Waals surface area contributed by atoms with Crippen LogP contribution in [0.5, 0.6) is 0 Å². The highest BCUT2D eigenvalue weighted by Crippen LogP contribution is 2.21. The first-order chi connectivity index (χ1) is 11.5. The molecule has 3 heterocycles. The number of amides is 1. The predicted molar refractivity (Wildman–Crippen MR) is 85.6 cm³/mol. The van der Waals surface area contributed by atoms with E-state index in [1.165, 1.54) is 12.4 Å². The number of aromatic nitrogens is 2. The number of alkyl halides is 2. The van der Waals surface area contributed by atoms with Gasteiger partial charge in [0.1, 0.15) is 5.82 Å². The van der Waals surface area contributed by atoms with Crippen LogP contribution in [0.25, 0.3) is 0 Å². The number of carbonyl (C=O) groups is 1. The van der Waals surface area contributed by atoms with E-state index in [0.29, 0.717) is 12.4 Å². The van der Waals surface area contributed by atoms with Gasteiger partial charge in [-0.15, -0.1) is 0 Å². The minimum atomic E-state index is -2.55. The Morgan fingerprint density at radius 1 is 1.21 bits per heavy atom. The van der Waals surface area contributed by atoms with Crippen LogP contribution in [0.3, 0.4) is 0 Å². The number of hydrogen-bond donors (Lipinski definition) is 0. The summed E-state index contributed by atoms with van der Waals surface area (Å²) >= 11 is 0. The molecule has 0 spiro atoms. The number of halogens is 2. The molecular formula is C16H25F2N5O. The van der Waals surface area contributed by atoms with Crippen molar-refractivity contribution in [2.24, 2.45) is 0 Å². The first kappa shape index (κ1) is 17.3. The van der Waals surface area contributed by atoms with Crippen molar-refractivity contribution >= 4 is 5.91 Å². The van der Waals surface area contributed by atoms with E-state index in [2.05, 4.69) is 14.8 Å². The average molecular weight is 341 g/mol. The first-order valence-corrected chi connectivity index (χ1v) is 8.54. The van der Waals surface area contributed by atoms with E-state index in [-0.39, 0.29) is 18.0 Å². The second-order valence-corrected chi connectivity index (χ2v) is 6.77. The Morgan fingerprint density at radius 2 is 1.92 bits per heavy atom. The molecule has 1 unspecified atom stereocenters. The van der Waals surface area contributed by atoms with Gasteiger partial charge < -0.3 is 4.90 Å². The lowest BCUT2D eigenvalue weighted by Gasteiger charge is -2.37. The van der Waals surface area contributed by atoms with Crippen LogP contribution in [-0.4, -0.2) is 75.0 Å². The third-order valence-corrected chi connectivity index (χ3v) is 5.01. The number of nitrogens with zero attached hydrogens (tertiary/aromatic N) is 5. The second-order valence-electron chi connectivity index (χ2n) is 6.77. The minimum Gasteiger partial charge on any atom is -0.339 e. The SMILES string of the molecule is CC(C)N1CCC(N2CCN(Cc3nccn3C(F)F)CC2)C1=O. The summed E-state index contributed by atoms with van der Waals surface area (Å²) in [5.41, 5.74) is 0. The van der Waals surface area contributed by atoms with Crippen molar-refractivity contribution < 1.29 is 13.6 Å². The molecular weight excluding hydrogens is 316 g/mol. The molecule has 24 heavy (non-hydrogen) atoms. The molecule has 0 aromatic carbocycles. The Morgan fingerprint density at radius 3 is 2.50 bits per heavy atom. The van der Waals surface area contributed by atoms with Crippen molar-refractivity contribution in [2.75, 3.05) is 32.7 Å². The van der Waals surface area contributed by atoms with Crippen molar-refractivity contribution in [1.82, 2.24) is 24.3 Å². The van der Waals surface area contributed by atoms with Gasteiger partial charge in [0, 0.05) is 51.2 Å². The van der Waals surface area contributed by atoms with Crippen molar-refractivity contribution in [1.29, 1.82) is 0 Å². The molecule has 2 aliphatic rings. The number of piperazine rings is 1. The van der Waals surface area contributed by atoms with E-state index in [4.69, 9.17) is 0 Å². The minimum absolute atomic E-state index is 0.0161. The Balaban J connectivity index is 1.53. The molecule has 2 saturated heterocycles. The van der Waals surface area contributed by atoms with Crippen LogP contribution < -0.4 is 0 Å². The van der Waals surface area contributed by atoms with Crippen molar-refractivity contribution in [2.45, 2.75) is 45.4 Å². The van der Waals surface area contributed by atoms with Gasteiger partial charge in [-0.05, 0) is 20.3 Å². The maximum Gasteiger partial charge on any atom is 0.319 e. The van der Waals surface area contributed by atoms with Gasteiger partial charge in [0.2, 0.25) is 5.91 Å². The Hall–Kier alpha value is -1.54. The molecule has 2 fully saturated rings. The van der Waals surface area contributed by atoms with Gasteiger partial charge in [0.25, 0.3) is 0 Å². The zero-order valence-corrected chi connectivity index (χ0v) is 14.2.